The first-order valence-corrected chi connectivity index (χ1v) is 6.92. The summed E-state index contributed by atoms with van der Waals surface area (Å²) in [5.41, 5.74) is 2.64. The lowest BCUT2D eigenvalue weighted by Crippen LogP contribution is -2.13. The first-order valence-electron chi connectivity index (χ1n) is 6.92. The Labute approximate surface area is 127 Å². The Kier molecular flexibility index (Phi) is 3.91. The van der Waals surface area contributed by atoms with Crippen molar-refractivity contribution in [1.82, 2.24) is 4.98 Å². The highest BCUT2D eigenvalue weighted by Gasteiger charge is 2.17. The van der Waals surface area contributed by atoms with Gasteiger partial charge in [-0.3, -0.25) is 9.98 Å². The second-order valence-electron chi connectivity index (χ2n) is 4.83. The SMILES string of the molecule is COc1ccc(NC2=NCc3cccnc32)cc1OC(C)F. The van der Waals surface area contributed by atoms with Crippen molar-refractivity contribution >= 4 is 11.5 Å². The van der Waals surface area contributed by atoms with Crippen LogP contribution in [0.15, 0.2) is 41.5 Å². The maximum absolute atomic E-state index is 13.1. The molecular formula is C16H16FN3O2. The van der Waals surface area contributed by atoms with Crippen LogP contribution in [-0.2, 0) is 6.54 Å². The van der Waals surface area contributed by atoms with E-state index in [1.165, 1.54) is 14.0 Å². The molecule has 1 aromatic carbocycles. The molecule has 0 aliphatic carbocycles. The van der Waals surface area contributed by atoms with E-state index in [9.17, 15) is 4.39 Å². The van der Waals surface area contributed by atoms with Crippen LogP contribution in [0, 0.1) is 0 Å². The van der Waals surface area contributed by atoms with Crippen molar-refractivity contribution in [3.8, 4) is 11.5 Å². The van der Waals surface area contributed by atoms with Gasteiger partial charge < -0.3 is 14.8 Å². The zero-order chi connectivity index (χ0) is 15.5. The number of nitrogens with one attached hydrogen (secondary N) is 1. The summed E-state index contributed by atoms with van der Waals surface area (Å²) in [6.07, 6.45) is 0.310. The van der Waals surface area contributed by atoms with E-state index in [-0.39, 0.29) is 0 Å². The fraction of sp³-hybridized carbons (Fsp3) is 0.250. The van der Waals surface area contributed by atoms with Crippen LogP contribution >= 0.6 is 0 Å². The Balaban J connectivity index is 1.84. The van der Waals surface area contributed by atoms with Gasteiger partial charge in [-0.05, 0) is 18.2 Å². The molecule has 0 fully saturated rings. The Morgan fingerprint density at radius 2 is 2.14 bits per heavy atom. The van der Waals surface area contributed by atoms with Gasteiger partial charge in [-0.1, -0.05) is 6.07 Å². The normalized spacial score (nSPS) is 14.0. The van der Waals surface area contributed by atoms with Crippen LogP contribution in [0.5, 0.6) is 11.5 Å². The molecule has 0 saturated carbocycles. The number of hydrogen-bond donors (Lipinski definition) is 1. The minimum Gasteiger partial charge on any atom is -0.493 e. The summed E-state index contributed by atoms with van der Waals surface area (Å²) in [5, 5.41) is 3.19. The quantitative estimate of drug-likeness (QED) is 0.942. The number of fused-ring (bicyclic) bond motifs is 1. The van der Waals surface area contributed by atoms with Gasteiger partial charge in [0, 0.05) is 30.4 Å². The molecule has 0 bridgehead atoms. The van der Waals surface area contributed by atoms with Crippen LogP contribution in [0.25, 0.3) is 0 Å². The number of alkyl halides is 1. The Hall–Kier alpha value is -2.63. The lowest BCUT2D eigenvalue weighted by molar-refractivity contribution is 0.0827. The fourth-order valence-corrected chi connectivity index (χ4v) is 2.28. The van der Waals surface area contributed by atoms with E-state index in [4.69, 9.17) is 9.47 Å². The molecule has 1 aromatic heterocycles. The van der Waals surface area contributed by atoms with Gasteiger partial charge in [0.25, 0.3) is 0 Å². The predicted molar refractivity (Wildman–Crippen MR) is 82.3 cm³/mol. The maximum Gasteiger partial charge on any atom is 0.236 e. The molecule has 3 rings (SSSR count). The molecular weight excluding hydrogens is 285 g/mol. The van der Waals surface area contributed by atoms with Crippen molar-refractivity contribution in [2.24, 2.45) is 4.99 Å². The van der Waals surface area contributed by atoms with Crippen LogP contribution in [0.3, 0.4) is 0 Å². The summed E-state index contributed by atoms with van der Waals surface area (Å²) in [6, 6.07) is 9.10. The number of amidine groups is 1. The summed E-state index contributed by atoms with van der Waals surface area (Å²) < 4.78 is 23.4. The highest BCUT2D eigenvalue weighted by atomic mass is 19.1. The third kappa shape index (κ3) is 2.86. The molecule has 2 heterocycles. The number of pyridine rings is 1. The molecule has 2 aromatic rings. The molecule has 22 heavy (non-hydrogen) atoms. The molecule has 0 radical (unpaired) electrons. The van der Waals surface area contributed by atoms with Crippen LogP contribution in [0.2, 0.25) is 0 Å². The highest BCUT2D eigenvalue weighted by Crippen LogP contribution is 2.31. The van der Waals surface area contributed by atoms with Crippen LogP contribution in [0.1, 0.15) is 18.2 Å². The first-order chi connectivity index (χ1) is 10.7. The van der Waals surface area contributed by atoms with Gasteiger partial charge in [-0.2, -0.15) is 0 Å². The molecule has 114 valence electrons. The van der Waals surface area contributed by atoms with Crippen LogP contribution in [0.4, 0.5) is 10.1 Å². The van der Waals surface area contributed by atoms with Crippen molar-refractivity contribution in [3.05, 3.63) is 47.8 Å². The number of ether oxygens (including phenoxy) is 2. The third-order valence-corrected chi connectivity index (χ3v) is 3.24. The maximum atomic E-state index is 13.1. The largest absolute Gasteiger partial charge is 0.493 e. The number of halogens is 1. The number of methoxy groups -OCH3 is 1. The van der Waals surface area contributed by atoms with E-state index < -0.39 is 6.36 Å². The summed E-state index contributed by atoms with van der Waals surface area (Å²) >= 11 is 0. The number of anilines is 1. The predicted octanol–water partition coefficient (Wildman–Crippen LogP) is 3.16. The Morgan fingerprint density at radius 3 is 2.91 bits per heavy atom. The number of benzene rings is 1. The molecule has 1 aliphatic heterocycles. The molecule has 0 saturated heterocycles. The topological polar surface area (TPSA) is 55.7 Å². The molecule has 1 atom stereocenters. The van der Waals surface area contributed by atoms with Gasteiger partial charge in [-0.25, -0.2) is 4.39 Å². The van der Waals surface area contributed by atoms with Crippen molar-refractivity contribution in [1.29, 1.82) is 0 Å². The van der Waals surface area contributed by atoms with Gasteiger partial charge in [0.2, 0.25) is 6.36 Å². The van der Waals surface area contributed by atoms with Crippen LogP contribution in [-0.4, -0.2) is 24.3 Å². The monoisotopic (exact) mass is 301 g/mol. The van der Waals surface area contributed by atoms with Crippen molar-refractivity contribution in [2.75, 3.05) is 12.4 Å². The summed E-state index contributed by atoms with van der Waals surface area (Å²) in [4.78, 5) is 8.76. The second-order valence-corrected chi connectivity index (χ2v) is 4.83. The van der Waals surface area contributed by atoms with E-state index in [1.807, 2.05) is 18.2 Å². The van der Waals surface area contributed by atoms with Gasteiger partial charge in [0.1, 0.15) is 5.69 Å². The average Bonchev–Trinajstić information content (AvgIpc) is 2.90. The number of aliphatic imine (C=N–C) groups is 1. The molecule has 1 aliphatic rings. The number of rotatable bonds is 4. The number of hydrogen-bond acceptors (Lipinski definition) is 5. The van der Waals surface area contributed by atoms with Gasteiger partial charge in [0.15, 0.2) is 17.3 Å². The van der Waals surface area contributed by atoms with Gasteiger partial charge in [0.05, 0.1) is 13.7 Å². The lowest BCUT2D eigenvalue weighted by Gasteiger charge is -2.14. The fourth-order valence-electron chi connectivity index (χ4n) is 2.28. The smallest absolute Gasteiger partial charge is 0.236 e. The minimum absolute atomic E-state index is 0.336. The summed E-state index contributed by atoms with van der Waals surface area (Å²) in [5.74, 6) is 1.50. The van der Waals surface area contributed by atoms with E-state index in [0.29, 0.717) is 23.9 Å². The lowest BCUT2D eigenvalue weighted by atomic mass is 10.2. The second kappa shape index (κ2) is 6.01. The Morgan fingerprint density at radius 1 is 1.27 bits per heavy atom. The minimum atomic E-state index is -1.42. The zero-order valence-electron chi connectivity index (χ0n) is 12.3. The van der Waals surface area contributed by atoms with E-state index in [1.54, 1.807) is 18.3 Å². The molecule has 5 nitrogen and oxygen atoms in total. The molecule has 1 unspecified atom stereocenters. The third-order valence-electron chi connectivity index (χ3n) is 3.24. The zero-order valence-corrected chi connectivity index (χ0v) is 12.3. The van der Waals surface area contributed by atoms with Gasteiger partial charge in [-0.15, -0.1) is 0 Å². The Bertz CT molecular complexity index is 716. The van der Waals surface area contributed by atoms with E-state index >= 15 is 0 Å². The van der Waals surface area contributed by atoms with Crippen molar-refractivity contribution < 1.29 is 13.9 Å². The van der Waals surface area contributed by atoms with Crippen molar-refractivity contribution in [2.45, 2.75) is 19.8 Å². The van der Waals surface area contributed by atoms with E-state index in [2.05, 4.69) is 15.3 Å². The summed E-state index contributed by atoms with van der Waals surface area (Å²) in [6.45, 7) is 1.92. The summed E-state index contributed by atoms with van der Waals surface area (Å²) in [7, 11) is 1.51. The molecule has 0 spiro atoms. The molecule has 6 heteroatoms. The van der Waals surface area contributed by atoms with Crippen molar-refractivity contribution in [3.63, 3.8) is 0 Å². The molecule has 0 amide bonds. The first kappa shape index (κ1) is 14.3. The van der Waals surface area contributed by atoms with Crippen LogP contribution < -0.4 is 14.8 Å². The highest BCUT2D eigenvalue weighted by molar-refractivity contribution is 6.09. The van der Waals surface area contributed by atoms with E-state index in [0.717, 1.165) is 16.9 Å². The number of nitrogens with zero attached hydrogens (tertiary/aromatic N) is 2. The number of aromatic nitrogens is 1. The molecule has 1 N–H and O–H groups in total. The van der Waals surface area contributed by atoms with Gasteiger partial charge >= 0.3 is 0 Å². The standard InChI is InChI=1S/C16H16FN3O2/c1-10(17)22-14-8-12(5-6-13(14)21-2)20-16-15-11(9-19-16)4-3-7-18-15/h3-8,10H,9H2,1-2H3,(H,19,20). The average molecular weight is 301 g/mol.